The molecule has 0 spiro atoms. The Hall–Kier alpha value is -3.32. The number of aryl methyl sites for hydroxylation is 1. The van der Waals surface area contributed by atoms with E-state index in [1.807, 2.05) is 48.9 Å². The van der Waals surface area contributed by atoms with Crippen molar-refractivity contribution in [3.8, 4) is 5.75 Å². The van der Waals surface area contributed by atoms with Crippen molar-refractivity contribution in [3.63, 3.8) is 0 Å². The van der Waals surface area contributed by atoms with Gasteiger partial charge >= 0.3 is 0 Å². The molecule has 154 valence electrons. The number of carbonyl (C=O) groups is 2. The van der Waals surface area contributed by atoms with Crippen LogP contribution in [0.1, 0.15) is 23.9 Å². The lowest BCUT2D eigenvalue weighted by Crippen LogP contribution is -2.56. The molecule has 30 heavy (non-hydrogen) atoms. The lowest BCUT2D eigenvalue weighted by Gasteiger charge is -2.33. The maximum Gasteiger partial charge on any atom is 0.278 e. The van der Waals surface area contributed by atoms with Crippen LogP contribution in [0.2, 0.25) is 5.02 Å². The highest BCUT2D eigenvalue weighted by atomic mass is 35.5. The monoisotopic (exact) mass is 424 g/mol. The molecule has 8 heteroatoms. The van der Waals surface area contributed by atoms with Gasteiger partial charge in [0.1, 0.15) is 5.75 Å². The van der Waals surface area contributed by atoms with Crippen LogP contribution in [0.15, 0.2) is 48.5 Å². The van der Waals surface area contributed by atoms with E-state index in [0.717, 1.165) is 11.3 Å². The molecule has 2 N–H and O–H groups in total. The molecule has 1 aromatic heterocycles. The van der Waals surface area contributed by atoms with Crippen molar-refractivity contribution in [2.24, 2.45) is 0 Å². The van der Waals surface area contributed by atoms with Gasteiger partial charge in [-0.2, -0.15) is 5.10 Å². The molecule has 2 aromatic carbocycles. The molecule has 4 rings (SSSR count). The number of benzene rings is 2. The molecule has 0 fully saturated rings. The Balaban J connectivity index is 1.58. The van der Waals surface area contributed by atoms with Crippen LogP contribution in [-0.2, 0) is 16.1 Å². The molecule has 2 amide bonds. The van der Waals surface area contributed by atoms with Crippen LogP contribution >= 0.6 is 11.6 Å². The molecule has 1 atom stereocenters. The molecular formula is C22H21ClN4O3. The van der Waals surface area contributed by atoms with Crippen LogP contribution in [-0.4, -0.2) is 27.2 Å². The number of amides is 2. The van der Waals surface area contributed by atoms with Crippen molar-refractivity contribution < 1.29 is 14.3 Å². The number of aromatic nitrogens is 2. The third-order valence-corrected chi connectivity index (χ3v) is 5.40. The van der Waals surface area contributed by atoms with E-state index in [-0.39, 0.29) is 0 Å². The summed E-state index contributed by atoms with van der Waals surface area (Å²) in [4.78, 5) is 25.8. The predicted octanol–water partition coefficient (Wildman–Crippen LogP) is 3.93. The van der Waals surface area contributed by atoms with Gasteiger partial charge in [-0.05, 0) is 44.5 Å². The molecule has 0 saturated heterocycles. The first-order chi connectivity index (χ1) is 14.3. The molecule has 1 unspecified atom stereocenters. The molecule has 0 aliphatic carbocycles. The number of carbonyl (C=O) groups excluding carboxylic acids is 2. The van der Waals surface area contributed by atoms with Crippen molar-refractivity contribution in [3.05, 3.63) is 70.5 Å². The number of anilines is 2. The van der Waals surface area contributed by atoms with Gasteiger partial charge in [0, 0.05) is 5.02 Å². The van der Waals surface area contributed by atoms with E-state index in [9.17, 15) is 9.59 Å². The summed E-state index contributed by atoms with van der Waals surface area (Å²) in [5.41, 5.74) is 1.80. The smallest absolute Gasteiger partial charge is 0.278 e. The molecule has 1 aliphatic rings. The zero-order valence-electron chi connectivity index (χ0n) is 16.8. The van der Waals surface area contributed by atoms with Gasteiger partial charge in [0.05, 0.1) is 29.3 Å². The number of fused-ring (bicyclic) bond motifs is 1. The number of ether oxygens (including phenoxy) is 1. The Kier molecular flexibility index (Phi) is 4.99. The number of hydrogen-bond donors (Lipinski definition) is 2. The highest BCUT2D eigenvalue weighted by Gasteiger charge is 2.47. The van der Waals surface area contributed by atoms with Crippen molar-refractivity contribution in [1.82, 2.24) is 9.78 Å². The van der Waals surface area contributed by atoms with Gasteiger partial charge in [0.25, 0.3) is 17.4 Å². The highest BCUT2D eigenvalue weighted by molar-refractivity contribution is 6.31. The van der Waals surface area contributed by atoms with Gasteiger partial charge in [-0.1, -0.05) is 41.9 Å². The minimum atomic E-state index is -1.73. The first kappa shape index (κ1) is 20.0. The lowest BCUT2D eigenvalue weighted by atomic mass is 10.0. The number of nitrogens with zero attached hydrogens (tertiary/aromatic N) is 2. The van der Waals surface area contributed by atoms with E-state index in [0.29, 0.717) is 34.4 Å². The summed E-state index contributed by atoms with van der Waals surface area (Å²) >= 11 is 5.97. The third kappa shape index (κ3) is 3.52. The van der Waals surface area contributed by atoms with Gasteiger partial charge in [-0.3, -0.25) is 14.3 Å². The second kappa shape index (κ2) is 7.50. The lowest BCUT2D eigenvalue weighted by molar-refractivity contribution is -0.143. The Morgan fingerprint density at radius 3 is 2.70 bits per heavy atom. The molecule has 0 bridgehead atoms. The summed E-state index contributed by atoms with van der Waals surface area (Å²) in [5.74, 6) is -0.766. The Morgan fingerprint density at radius 1 is 1.23 bits per heavy atom. The van der Waals surface area contributed by atoms with Crippen LogP contribution in [0.5, 0.6) is 5.75 Å². The largest absolute Gasteiger partial charge is 0.466 e. The molecule has 1 aliphatic heterocycles. The quantitative estimate of drug-likeness (QED) is 0.621. The Bertz CT molecular complexity index is 1140. The van der Waals surface area contributed by atoms with Crippen LogP contribution < -0.4 is 15.4 Å². The molecule has 0 radical (unpaired) electrons. The van der Waals surface area contributed by atoms with E-state index in [4.69, 9.17) is 16.3 Å². The summed E-state index contributed by atoms with van der Waals surface area (Å²) < 4.78 is 7.61. The van der Waals surface area contributed by atoms with Gasteiger partial charge in [-0.25, -0.2) is 0 Å². The van der Waals surface area contributed by atoms with E-state index in [2.05, 4.69) is 15.7 Å². The summed E-state index contributed by atoms with van der Waals surface area (Å²) in [7, 11) is 0. The van der Waals surface area contributed by atoms with Gasteiger partial charge in [0.2, 0.25) is 0 Å². The number of halogens is 1. The summed E-state index contributed by atoms with van der Waals surface area (Å²) in [6.07, 6.45) is 0. The van der Waals surface area contributed by atoms with Crippen molar-refractivity contribution in [2.45, 2.75) is 32.9 Å². The van der Waals surface area contributed by atoms with Crippen molar-refractivity contribution >= 4 is 34.8 Å². The van der Waals surface area contributed by atoms with Crippen LogP contribution in [0.25, 0.3) is 0 Å². The fourth-order valence-electron chi connectivity index (χ4n) is 3.37. The normalized spacial score (nSPS) is 17.7. The van der Waals surface area contributed by atoms with E-state index >= 15 is 0 Å². The fourth-order valence-corrected chi connectivity index (χ4v) is 3.54. The Morgan fingerprint density at radius 2 is 1.97 bits per heavy atom. The van der Waals surface area contributed by atoms with Gasteiger partial charge in [-0.15, -0.1) is 0 Å². The van der Waals surface area contributed by atoms with E-state index < -0.39 is 17.4 Å². The zero-order chi connectivity index (χ0) is 21.5. The molecule has 7 nitrogen and oxygen atoms in total. The number of nitrogens with one attached hydrogen (secondary N) is 2. The van der Waals surface area contributed by atoms with Crippen LogP contribution in [0.3, 0.4) is 0 Å². The van der Waals surface area contributed by atoms with E-state index in [1.54, 1.807) is 18.2 Å². The fraction of sp³-hybridized carbons (Fsp3) is 0.227. The first-order valence-corrected chi connectivity index (χ1v) is 9.85. The minimum Gasteiger partial charge on any atom is -0.466 e. The van der Waals surface area contributed by atoms with Crippen molar-refractivity contribution in [2.75, 3.05) is 10.6 Å². The first-order valence-electron chi connectivity index (χ1n) is 9.47. The summed E-state index contributed by atoms with van der Waals surface area (Å²) in [6, 6.07) is 14.8. The van der Waals surface area contributed by atoms with Crippen LogP contribution in [0.4, 0.5) is 11.4 Å². The minimum absolute atomic E-state index is 0.380. The SMILES string of the molecule is Cc1nn(Cc2ccccc2)c(C)c1NC(=O)C1(C)Oc2ccc(Cl)cc2NC1=O. The average Bonchev–Trinajstić information content (AvgIpc) is 2.97. The zero-order valence-corrected chi connectivity index (χ0v) is 17.6. The molecule has 3 aromatic rings. The third-order valence-electron chi connectivity index (χ3n) is 5.17. The second-order valence-electron chi connectivity index (χ2n) is 7.37. The van der Waals surface area contributed by atoms with E-state index in [1.165, 1.54) is 6.92 Å². The topological polar surface area (TPSA) is 85.2 Å². The van der Waals surface area contributed by atoms with Crippen molar-refractivity contribution in [1.29, 1.82) is 0 Å². The number of hydrogen-bond acceptors (Lipinski definition) is 4. The summed E-state index contributed by atoms with van der Waals surface area (Å²) in [6.45, 7) is 5.70. The maximum atomic E-state index is 13.1. The van der Waals surface area contributed by atoms with Gasteiger partial charge in [0.15, 0.2) is 0 Å². The molecule has 0 saturated carbocycles. The predicted molar refractivity (Wildman–Crippen MR) is 115 cm³/mol. The molecule has 2 heterocycles. The second-order valence-corrected chi connectivity index (χ2v) is 7.81. The Labute approximate surface area is 179 Å². The standard InChI is InChI=1S/C22H21ClN4O3/c1-13-19(14(2)27(26-13)12-15-7-5-4-6-8-15)25-21(29)22(3)20(28)24-17-11-16(23)9-10-18(17)30-22/h4-11H,12H2,1-3H3,(H,24,28)(H,25,29). The maximum absolute atomic E-state index is 13.1. The summed E-state index contributed by atoms with van der Waals surface area (Å²) in [5, 5.41) is 10.5. The molecular weight excluding hydrogens is 404 g/mol. The average molecular weight is 425 g/mol. The van der Waals surface area contributed by atoms with Crippen LogP contribution in [0, 0.1) is 13.8 Å². The highest BCUT2D eigenvalue weighted by Crippen LogP contribution is 2.36. The number of rotatable bonds is 4. The van der Waals surface area contributed by atoms with Gasteiger partial charge < -0.3 is 15.4 Å².